The minimum absolute atomic E-state index is 0.138. The van der Waals surface area contributed by atoms with Crippen LogP contribution in [0.4, 0.5) is 24.5 Å². The van der Waals surface area contributed by atoms with Crippen molar-refractivity contribution in [2.75, 3.05) is 11.9 Å². The highest BCUT2D eigenvalue weighted by Gasteiger charge is 2.36. The van der Waals surface area contributed by atoms with E-state index in [2.05, 4.69) is 4.98 Å². The van der Waals surface area contributed by atoms with Gasteiger partial charge in [0.15, 0.2) is 0 Å². The normalized spacial score (nSPS) is 11.5. The minimum Gasteiger partial charge on any atom is -0.367 e. The Bertz CT molecular complexity index is 697. The fourth-order valence-electron chi connectivity index (χ4n) is 2.04. The van der Waals surface area contributed by atoms with Crippen LogP contribution in [-0.2, 0) is 19.8 Å². The smallest absolute Gasteiger partial charge is 0.367 e. The van der Waals surface area contributed by atoms with Gasteiger partial charge in [-0.3, -0.25) is 10.1 Å². The van der Waals surface area contributed by atoms with E-state index < -0.39 is 22.4 Å². The molecule has 0 saturated heterocycles. The number of nitro groups is 1. The van der Waals surface area contributed by atoms with Gasteiger partial charge in [-0.15, -0.1) is 0 Å². The average Bonchev–Trinajstić information content (AvgIpc) is 2.82. The molecule has 6 nitrogen and oxygen atoms in total. The summed E-state index contributed by atoms with van der Waals surface area (Å²) < 4.78 is 41.1. The number of anilines is 1. The van der Waals surface area contributed by atoms with Crippen LogP contribution in [0.1, 0.15) is 11.4 Å². The number of nitrogens with zero attached hydrogens (tertiary/aromatic N) is 4. The van der Waals surface area contributed by atoms with E-state index in [0.29, 0.717) is 11.9 Å². The standard InChI is InChI=1S/C13H13F3N4O2/c1-18-6-5-17-12(18)8-19(2)11-4-3-9(20(21)22)7-10(11)13(14,15)16/h3-7H,8H2,1-2H3. The molecule has 0 unspecified atom stereocenters. The summed E-state index contributed by atoms with van der Waals surface area (Å²) in [4.78, 5) is 15.2. The summed E-state index contributed by atoms with van der Waals surface area (Å²) >= 11 is 0. The van der Waals surface area contributed by atoms with Gasteiger partial charge in [0.2, 0.25) is 0 Å². The van der Waals surface area contributed by atoms with E-state index in [9.17, 15) is 23.3 Å². The van der Waals surface area contributed by atoms with Crippen molar-refractivity contribution in [1.82, 2.24) is 9.55 Å². The molecule has 0 atom stereocenters. The van der Waals surface area contributed by atoms with Crippen LogP contribution in [0.15, 0.2) is 30.6 Å². The SMILES string of the molecule is CN(Cc1nccn1C)c1ccc([N+](=O)[O-])cc1C(F)(F)F. The van der Waals surface area contributed by atoms with Gasteiger partial charge < -0.3 is 9.47 Å². The molecular formula is C13H13F3N4O2. The zero-order valence-electron chi connectivity index (χ0n) is 11.8. The van der Waals surface area contributed by atoms with Crippen molar-refractivity contribution in [3.8, 4) is 0 Å². The number of rotatable bonds is 4. The Morgan fingerprint density at radius 1 is 1.41 bits per heavy atom. The van der Waals surface area contributed by atoms with Crippen LogP contribution in [0.25, 0.3) is 0 Å². The summed E-state index contributed by atoms with van der Waals surface area (Å²) in [5.74, 6) is 0.578. The lowest BCUT2D eigenvalue weighted by molar-refractivity contribution is -0.385. The number of non-ortho nitro benzene ring substituents is 1. The monoisotopic (exact) mass is 314 g/mol. The van der Waals surface area contributed by atoms with Gasteiger partial charge in [0.25, 0.3) is 5.69 Å². The second-order valence-electron chi connectivity index (χ2n) is 4.77. The van der Waals surface area contributed by atoms with Crippen LogP contribution >= 0.6 is 0 Å². The van der Waals surface area contributed by atoms with E-state index in [4.69, 9.17) is 0 Å². The fourth-order valence-corrected chi connectivity index (χ4v) is 2.04. The van der Waals surface area contributed by atoms with E-state index in [1.807, 2.05) is 0 Å². The minimum atomic E-state index is -4.68. The molecule has 0 amide bonds. The highest BCUT2D eigenvalue weighted by molar-refractivity contribution is 5.58. The van der Waals surface area contributed by atoms with Crippen LogP contribution < -0.4 is 4.90 Å². The average molecular weight is 314 g/mol. The van der Waals surface area contributed by atoms with Crippen LogP contribution in [-0.4, -0.2) is 21.5 Å². The molecule has 22 heavy (non-hydrogen) atoms. The van der Waals surface area contributed by atoms with E-state index in [-0.39, 0.29) is 12.2 Å². The Hall–Kier alpha value is -2.58. The first kappa shape index (κ1) is 15.8. The molecule has 1 aromatic heterocycles. The summed E-state index contributed by atoms with van der Waals surface area (Å²) in [6.07, 6.45) is -1.45. The number of hydrogen-bond donors (Lipinski definition) is 0. The van der Waals surface area contributed by atoms with Gasteiger partial charge in [-0.05, 0) is 6.07 Å². The fraction of sp³-hybridized carbons (Fsp3) is 0.308. The number of aromatic nitrogens is 2. The molecule has 0 aliphatic heterocycles. The van der Waals surface area contributed by atoms with Crippen LogP contribution in [0.5, 0.6) is 0 Å². The second-order valence-corrected chi connectivity index (χ2v) is 4.77. The zero-order valence-corrected chi connectivity index (χ0v) is 11.8. The quantitative estimate of drug-likeness (QED) is 0.643. The van der Waals surface area contributed by atoms with Crippen molar-refractivity contribution in [3.05, 3.63) is 52.1 Å². The first-order valence-corrected chi connectivity index (χ1v) is 6.23. The lowest BCUT2D eigenvalue weighted by Crippen LogP contribution is -2.22. The van der Waals surface area contributed by atoms with E-state index in [1.165, 1.54) is 11.9 Å². The molecule has 0 aliphatic rings. The van der Waals surface area contributed by atoms with Crippen molar-refractivity contribution in [2.45, 2.75) is 12.7 Å². The predicted octanol–water partition coefficient (Wildman–Crippen LogP) is 2.98. The lowest BCUT2D eigenvalue weighted by Gasteiger charge is -2.23. The van der Waals surface area contributed by atoms with Crippen LogP contribution in [0.3, 0.4) is 0 Å². The van der Waals surface area contributed by atoms with Crippen molar-refractivity contribution in [1.29, 1.82) is 0 Å². The second kappa shape index (κ2) is 5.66. The van der Waals surface area contributed by atoms with Gasteiger partial charge in [-0.25, -0.2) is 4.98 Å². The maximum Gasteiger partial charge on any atom is 0.418 e. The van der Waals surface area contributed by atoms with Gasteiger partial charge >= 0.3 is 6.18 Å². The third-order valence-electron chi connectivity index (χ3n) is 3.21. The summed E-state index contributed by atoms with van der Waals surface area (Å²) in [5.41, 5.74) is -1.78. The first-order chi connectivity index (χ1) is 10.2. The van der Waals surface area contributed by atoms with Crippen molar-refractivity contribution < 1.29 is 18.1 Å². The number of hydrogen-bond acceptors (Lipinski definition) is 4. The molecule has 0 spiro atoms. The lowest BCUT2D eigenvalue weighted by atomic mass is 10.1. The van der Waals surface area contributed by atoms with Gasteiger partial charge in [0, 0.05) is 44.3 Å². The molecule has 2 rings (SSSR count). The number of nitro benzene ring substituents is 1. The number of benzene rings is 1. The van der Waals surface area contributed by atoms with Gasteiger partial charge in [-0.2, -0.15) is 13.2 Å². The Balaban J connectivity index is 2.41. The predicted molar refractivity (Wildman–Crippen MR) is 73.4 cm³/mol. The molecule has 2 aromatic rings. The van der Waals surface area contributed by atoms with E-state index >= 15 is 0 Å². The van der Waals surface area contributed by atoms with E-state index in [1.54, 1.807) is 24.0 Å². The summed E-state index contributed by atoms with van der Waals surface area (Å²) in [5, 5.41) is 10.7. The largest absolute Gasteiger partial charge is 0.418 e. The molecular weight excluding hydrogens is 301 g/mol. The van der Waals surface area contributed by atoms with Gasteiger partial charge in [-0.1, -0.05) is 0 Å². The number of imidazole rings is 1. The molecule has 1 aromatic carbocycles. The van der Waals surface area contributed by atoms with E-state index in [0.717, 1.165) is 12.1 Å². The Labute approximate surface area is 123 Å². The van der Waals surface area contributed by atoms with Crippen LogP contribution in [0.2, 0.25) is 0 Å². The topological polar surface area (TPSA) is 64.2 Å². The summed E-state index contributed by atoms with van der Waals surface area (Å²) in [6.45, 7) is 0.143. The number of aryl methyl sites for hydroxylation is 1. The molecule has 0 aliphatic carbocycles. The summed E-state index contributed by atoms with van der Waals surface area (Å²) in [7, 11) is 3.21. The Morgan fingerprint density at radius 3 is 2.59 bits per heavy atom. The molecule has 0 N–H and O–H groups in total. The molecule has 1 heterocycles. The molecule has 0 bridgehead atoms. The van der Waals surface area contributed by atoms with Crippen molar-refractivity contribution >= 4 is 11.4 Å². The molecule has 0 saturated carbocycles. The third-order valence-corrected chi connectivity index (χ3v) is 3.21. The number of halogens is 3. The van der Waals surface area contributed by atoms with Crippen molar-refractivity contribution in [3.63, 3.8) is 0 Å². The maximum atomic E-state index is 13.1. The highest BCUT2D eigenvalue weighted by atomic mass is 19.4. The Kier molecular flexibility index (Phi) is 4.07. The molecule has 0 radical (unpaired) electrons. The van der Waals surface area contributed by atoms with Gasteiger partial charge in [0.1, 0.15) is 5.82 Å². The highest BCUT2D eigenvalue weighted by Crippen LogP contribution is 2.38. The Morgan fingerprint density at radius 2 is 2.09 bits per heavy atom. The zero-order chi connectivity index (χ0) is 16.5. The van der Waals surface area contributed by atoms with Crippen LogP contribution in [0, 0.1) is 10.1 Å². The van der Waals surface area contributed by atoms with Gasteiger partial charge in [0.05, 0.1) is 17.0 Å². The third kappa shape index (κ3) is 3.18. The molecule has 0 fully saturated rings. The number of alkyl halides is 3. The van der Waals surface area contributed by atoms with Crippen molar-refractivity contribution in [2.24, 2.45) is 7.05 Å². The first-order valence-electron chi connectivity index (χ1n) is 6.23. The molecule has 118 valence electrons. The summed E-state index contributed by atoms with van der Waals surface area (Å²) in [6, 6.07) is 2.70. The maximum absolute atomic E-state index is 13.1. The molecule has 9 heteroatoms.